The molecule has 222 valence electrons. The predicted octanol–water partition coefficient (Wildman–Crippen LogP) is 4.02. The van der Waals surface area contributed by atoms with Gasteiger partial charge < -0.3 is 30.5 Å². The average molecular weight is 594 g/mol. The summed E-state index contributed by atoms with van der Waals surface area (Å²) in [7, 11) is 2.08. The number of nitrogens with two attached hydrogens (primary N) is 1. The van der Waals surface area contributed by atoms with E-state index in [2.05, 4.69) is 34.3 Å². The van der Waals surface area contributed by atoms with Crippen molar-refractivity contribution in [3.63, 3.8) is 0 Å². The standard InChI is InChI=1S/C28H34F3N5O4S/c1-35-9-6-23(19(17-35)7-11-39-13-14-40-12-10-36-18-20(16-33-36)27(37)38)34-24-4-2-3-21-22(15-28(29,30)31)25(5-8-32)41-26(21)24/h2-4,16,18-19,23,34H,6-7,9-15,17,32H2,1H3,(H,37,38). The van der Waals surface area contributed by atoms with Crippen molar-refractivity contribution in [2.75, 3.05) is 51.9 Å². The molecule has 1 saturated heterocycles. The van der Waals surface area contributed by atoms with E-state index in [-0.39, 0.29) is 23.1 Å². The second kappa shape index (κ2) is 14.0. The van der Waals surface area contributed by atoms with Crippen molar-refractivity contribution in [2.45, 2.75) is 38.0 Å². The van der Waals surface area contributed by atoms with Crippen molar-refractivity contribution in [3.05, 3.63) is 46.6 Å². The van der Waals surface area contributed by atoms with Gasteiger partial charge in [-0.1, -0.05) is 12.1 Å². The van der Waals surface area contributed by atoms with Crippen LogP contribution in [0, 0.1) is 17.9 Å². The lowest BCUT2D eigenvalue weighted by molar-refractivity contribution is -0.126. The molecule has 0 saturated carbocycles. The van der Waals surface area contributed by atoms with Crippen molar-refractivity contribution < 1.29 is 32.5 Å². The summed E-state index contributed by atoms with van der Waals surface area (Å²) in [5, 5.41) is 17.1. The lowest BCUT2D eigenvalue weighted by Crippen LogP contribution is -2.45. The number of halogens is 3. The molecule has 0 bridgehead atoms. The summed E-state index contributed by atoms with van der Waals surface area (Å²) in [6, 6.07) is 7.80. The summed E-state index contributed by atoms with van der Waals surface area (Å²) < 4.78 is 53.6. The zero-order chi connectivity index (χ0) is 29.4. The maximum absolute atomic E-state index is 13.3. The van der Waals surface area contributed by atoms with E-state index >= 15 is 0 Å². The van der Waals surface area contributed by atoms with Gasteiger partial charge in [0.25, 0.3) is 0 Å². The van der Waals surface area contributed by atoms with Crippen molar-refractivity contribution in [1.82, 2.24) is 14.7 Å². The summed E-state index contributed by atoms with van der Waals surface area (Å²) in [5.74, 6) is 1.93. The molecule has 0 spiro atoms. The van der Waals surface area contributed by atoms with Crippen LogP contribution in [0.25, 0.3) is 10.1 Å². The molecule has 1 aliphatic heterocycles. The minimum Gasteiger partial charge on any atom is -0.478 e. The van der Waals surface area contributed by atoms with Gasteiger partial charge in [-0.05, 0) is 55.3 Å². The Hall–Kier alpha value is -3.31. The van der Waals surface area contributed by atoms with Crippen molar-refractivity contribution >= 4 is 33.1 Å². The minimum absolute atomic E-state index is 0.137. The number of ether oxygens (including phenoxy) is 2. The number of carbonyl (C=O) groups is 1. The molecule has 13 heteroatoms. The van der Waals surface area contributed by atoms with Gasteiger partial charge in [0.15, 0.2) is 0 Å². The number of nitrogens with one attached hydrogen (secondary N) is 1. The fourth-order valence-corrected chi connectivity index (χ4v) is 6.19. The lowest BCUT2D eigenvalue weighted by Gasteiger charge is -2.38. The van der Waals surface area contributed by atoms with E-state index in [1.54, 1.807) is 12.1 Å². The van der Waals surface area contributed by atoms with Crippen molar-refractivity contribution in [1.29, 1.82) is 0 Å². The SMILES string of the molecule is CN1CCC(Nc2cccc3c(CC(F)(F)F)c(C#CN)sc23)C(CCOCCOCCn2cc(C(=O)O)cn2)C1. The molecule has 0 radical (unpaired) electrons. The molecule has 3 aromatic rings. The van der Waals surface area contributed by atoms with E-state index in [9.17, 15) is 18.0 Å². The van der Waals surface area contributed by atoms with Crippen LogP contribution in [0.2, 0.25) is 0 Å². The van der Waals surface area contributed by atoms with E-state index < -0.39 is 18.6 Å². The normalized spacial score (nSPS) is 17.9. The molecule has 2 unspecified atom stereocenters. The van der Waals surface area contributed by atoms with E-state index in [1.807, 2.05) is 6.07 Å². The molecule has 1 fully saturated rings. The predicted molar refractivity (Wildman–Crippen MR) is 151 cm³/mol. The largest absolute Gasteiger partial charge is 0.478 e. The van der Waals surface area contributed by atoms with Gasteiger partial charge in [-0.2, -0.15) is 18.3 Å². The van der Waals surface area contributed by atoms with Crippen LogP contribution in [0.3, 0.4) is 0 Å². The zero-order valence-electron chi connectivity index (χ0n) is 22.7. The van der Waals surface area contributed by atoms with Gasteiger partial charge in [0, 0.05) is 31.4 Å². The second-order valence-corrected chi connectivity index (χ2v) is 11.0. The molecular formula is C28H34F3N5O4S. The highest BCUT2D eigenvalue weighted by molar-refractivity contribution is 7.20. The van der Waals surface area contributed by atoms with Crippen molar-refractivity contribution in [3.8, 4) is 12.0 Å². The third kappa shape index (κ3) is 8.59. The first kappa shape index (κ1) is 30.6. The Balaban J connectivity index is 1.30. The Morgan fingerprint density at radius 1 is 1.27 bits per heavy atom. The smallest absolute Gasteiger partial charge is 0.393 e. The Morgan fingerprint density at radius 2 is 2.05 bits per heavy atom. The Labute approximate surface area is 240 Å². The molecule has 3 heterocycles. The topological polar surface area (TPSA) is 115 Å². The fraction of sp³-hybridized carbons (Fsp3) is 0.500. The molecule has 41 heavy (non-hydrogen) atoms. The van der Waals surface area contributed by atoms with E-state index in [0.717, 1.165) is 36.3 Å². The molecule has 1 aliphatic rings. The molecule has 1 aromatic carbocycles. The van der Waals surface area contributed by atoms with Gasteiger partial charge in [0.1, 0.15) is 0 Å². The molecular weight excluding hydrogens is 559 g/mol. The number of hydrogen-bond acceptors (Lipinski definition) is 8. The van der Waals surface area contributed by atoms with E-state index in [1.165, 1.54) is 28.4 Å². The van der Waals surface area contributed by atoms with Crippen molar-refractivity contribution in [2.24, 2.45) is 11.7 Å². The summed E-state index contributed by atoms with van der Waals surface area (Å²) >= 11 is 1.24. The number of likely N-dealkylation sites (tertiary alicyclic amines) is 1. The van der Waals surface area contributed by atoms with E-state index in [0.29, 0.717) is 43.2 Å². The molecule has 4 rings (SSSR count). The monoisotopic (exact) mass is 593 g/mol. The third-order valence-electron chi connectivity index (χ3n) is 7.01. The molecule has 9 nitrogen and oxygen atoms in total. The maximum atomic E-state index is 13.3. The first-order chi connectivity index (χ1) is 19.6. The van der Waals surface area contributed by atoms with Crippen LogP contribution < -0.4 is 11.1 Å². The number of thiophene rings is 1. The summed E-state index contributed by atoms with van der Waals surface area (Å²) in [4.78, 5) is 13.5. The number of benzene rings is 1. The van der Waals surface area contributed by atoms with Gasteiger partial charge >= 0.3 is 12.1 Å². The van der Waals surface area contributed by atoms with Crippen LogP contribution in [0.15, 0.2) is 30.6 Å². The number of hydrogen-bond donors (Lipinski definition) is 3. The highest BCUT2D eigenvalue weighted by atomic mass is 32.1. The van der Waals surface area contributed by atoms with Gasteiger partial charge in [-0.3, -0.25) is 4.68 Å². The average Bonchev–Trinajstić information content (AvgIpc) is 3.52. The minimum atomic E-state index is -4.35. The highest BCUT2D eigenvalue weighted by Crippen LogP contribution is 2.39. The summed E-state index contributed by atoms with van der Waals surface area (Å²) in [6.45, 7) is 4.02. The number of piperidine rings is 1. The molecule has 2 aromatic heterocycles. The molecule has 0 aliphatic carbocycles. The van der Waals surface area contributed by atoms with Crippen LogP contribution in [0.1, 0.15) is 33.6 Å². The summed E-state index contributed by atoms with van der Waals surface area (Å²) in [6.07, 6.45) is -0.923. The molecule has 4 N–H and O–H groups in total. The Bertz CT molecular complexity index is 1380. The highest BCUT2D eigenvalue weighted by Gasteiger charge is 2.32. The number of nitrogens with zero attached hydrogens (tertiary/aromatic N) is 3. The Morgan fingerprint density at radius 3 is 2.76 bits per heavy atom. The van der Waals surface area contributed by atoms with Crippen LogP contribution in [-0.4, -0.2) is 84.5 Å². The Kier molecular flexibility index (Phi) is 10.5. The number of carboxylic acid groups (broad SMARTS) is 1. The first-order valence-corrected chi connectivity index (χ1v) is 14.2. The number of rotatable bonds is 13. The van der Waals surface area contributed by atoms with E-state index in [4.69, 9.17) is 20.3 Å². The van der Waals surface area contributed by atoms with Crippen LogP contribution in [0.4, 0.5) is 18.9 Å². The third-order valence-corrected chi connectivity index (χ3v) is 8.21. The van der Waals surface area contributed by atoms with Crippen LogP contribution in [-0.2, 0) is 22.4 Å². The molecule has 0 amide bonds. The quantitative estimate of drug-likeness (QED) is 0.155. The number of carboxylic acids is 1. The number of fused-ring (bicyclic) bond motifs is 1. The van der Waals surface area contributed by atoms with Crippen LogP contribution >= 0.6 is 11.3 Å². The maximum Gasteiger partial charge on any atom is 0.393 e. The lowest BCUT2D eigenvalue weighted by atomic mass is 9.89. The number of anilines is 1. The first-order valence-electron chi connectivity index (χ1n) is 13.3. The molecule has 2 atom stereocenters. The zero-order valence-corrected chi connectivity index (χ0v) is 23.6. The number of alkyl halides is 3. The second-order valence-electron chi connectivity index (χ2n) is 10.0. The van der Waals surface area contributed by atoms with Gasteiger partial charge in [0.2, 0.25) is 0 Å². The van der Waals surface area contributed by atoms with Crippen LogP contribution in [0.5, 0.6) is 0 Å². The fourth-order valence-electron chi connectivity index (χ4n) is 5.03. The number of aromatic nitrogens is 2. The van der Waals surface area contributed by atoms with Gasteiger partial charge in [-0.25, -0.2) is 4.79 Å². The van der Waals surface area contributed by atoms with Gasteiger partial charge in [-0.15, -0.1) is 11.3 Å². The number of aromatic carboxylic acids is 1. The van der Waals surface area contributed by atoms with Gasteiger partial charge in [0.05, 0.1) is 59.8 Å². The summed E-state index contributed by atoms with van der Waals surface area (Å²) in [5.41, 5.74) is 6.48.